The zero-order valence-electron chi connectivity index (χ0n) is 29.0. The summed E-state index contributed by atoms with van der Waals surface area (Å²) in [6, 6.07) is 12.5. The molecule has 13 heteroatoms. The molecule has 10 nitrogen and oxygen atoms in total. The number of aromatic nitrogens is 3. The van der Waals surface area contributed by atoms with Crippen molar-refractivity contribution in [2.24, 2.45) is 4.99 Å². The van der Waals surface area contributed by atoms with E-state index in [2.05, 4.69) is 80.4 Å². The fourth-order valence-corrected chi connectivity index (χ4v) is 7.44. The summed E-state index contributed by atoms with van der Waals surface area (Å²) in [5, 5.41) is 24.8. The average molecular weight is 717 g/mol. The third-order valence-electron chi connectivity index (χ3n) is 9.08. The second-order valence-electron chi connectivity index (χ2n) is 13.5. The first-order chi connectivity index (χ1) is 23.1. The highest BCUT2D eigenvalue weighted by Crippen LogP contribution is 2.40. The van der Waals surface area contributed by atoms with E-state index < -0.39 is 20.5 Å². The van der Waals surface area contributed by atoms with Gasteiger partial charge in [-0.1, -0.05) is 62.4 Å². The second-order valence-corrected chi connectivity index (χ2v) is 20.0. The van der Waals surface area contributed by atoms with Crippen LogP contribution in [0.2, 0.25) is 23.2 Å². The van der Waals surface area contributed by atoms with Gasteiger partial charge in [0, 0.05) is 32.3 Å². The molecule has 2 amide bonds. The third kappa shape index (κ3) is 7.97. The molecule has 0 fully saturated rings. The molecule has 5 rings (SSSR count). The van der Waals surface area contributed by atoms with Gasteiger partial charge < -0.3 is 20.2 Å². The molecule has 4 aromatic rings. The molecule has 3 heterocycles. The highest BCUT2D eigenvalue weighted by atomic mass is 35.5. The Morgan fingerprint density at radius 3 is 2.49 bits per heavy atom. The van der Waals surface area contributed by atoms with E-state index >= 15 is 0 Å². The number of hydrogen-bond donors (Lipinski definition) is 3. The van der Waals surface area contributed by atoms with Gasteiger partial charge in [-0.05, 0) is 74.3 Å². The Labute approximate surface area is 297 Å². The number of amides is 2. The van der Waals surface area contributed by atoms with Crippen LogP contribution in [0.1, 0.15) is 77.6 Å². The number of rotatable bonds is 8. The van der Waals surface area contributed by atoms with Crippen molar-refractivity contribution in [2.45, 2.75) is 78.7 Å². The molecule has 1 atom stereocenters. The summed E-state index contributed by atoms with van der Waals surface area (Å²) in [4.78, 5) is 31.1. The topological polar surface area (TPSA) is 131 Å². The lowest BCUT2D eigenvalue weighted by Crippen LogP contribution is -2.40. The number of halogens is 1. The number of aliphatic imine (C=N–C) groups is 1. The van der Waals surface area contributed by atoms with Crippen LogP contribution >= 0.6 is 22.9 Å². The molecule has 2 aromatic heterocycles. The normalized spacial score (nSPS) is 14.1. The molecular weight excluding hydrogens is 676 g/mol. The van der Waals surface area contributed by atoms with Gasteiger partial charge in [0.25, 0.3) is 0 Å². The number of thiophene rings is 1. The van der Waals surface area contributed by atoms with E-state index in [1.165, 1.54) is 0 Å². The van der Waals surface area contributed by atoms with Crippen LogP contribution in [-0.2, 0) is 15.8 Å². The zero-order valence-corrected chi connectivity index (χ0v) is 31.6. The summed E-state index contributed by atoms with van der Waals surface area (Å²) in [7, 11) is -2.06. The number of benzene rings is 2. The van der Waals surface area contributed by atoms with Gasteiger partial charge >= 0.3 is 6.09 Å². The van der Waals surface area contributed by atoms with E-state index in [0.29, 0.717) is 34.5 Å². The number of nitrogens with zero attached hydrogens (tertiary/aromatic N) is 4. The molecule has 256 valence electrons. The Bertz CT molecular complexity index is 2000. The van der Waals surface area contributed by atoms with Crippen molar-refractivity contribution >= 4 is 54.7 Å². The van der Waals surface area contributed by atoms with E-state index in [4.69, 9.17) is 26.1 Å². The maximum Gasteiger partial charge on any atom is 0.405 e. The standard InChI is InChI=1S/C36H41ClN6O4SSi/c1-21-22(2)48-34-31(21)32(24-11-14-27(37)15-12-24)40-29(33-42-41-23(3)43(33)34)19-30(44)39-28-16-13-26(20-47-49(7,8)36(4,5)6)25(18-28)10-9-17-38-35(45)46/h11-16,18,29,38H,17,19-20H2,1-8H3,(H,39,44)(H,45,46)/t29-/m0/s1. The molecule has 2 aromatic carbocycles. The Balaban J connectivity index is 1.46. The highest BCUT2D eigenvalue weighted by molar-refractivity contribution is 7.15. The zero-order chi connectivity index (χ0) is 35.7. The smallest absolute Gasteiger partial charge is 0.405 e. The summed E-state index contributed by atoms with van der Waals surface area (Å²) in [6.45, 7) is 17.3. The van der Waals surface area contributed by atoms with E-state index in [0.717, 1.165) is 37.8 Å². The van der Waals surface area contributed by atoms with E-state index in [1.54, 1.807) is 17.4 Å². The SMILES string of the molecule is Cc1sc2c(c1C)C(c1ccc(Cl)cc1)=N[C@@H](CC(=O)Nc1ccc(CO[Si](C)(C)C(C)(C)C)c(C#CCNC(=O)O)c1)c1nnc(C)n1-2. The van der Waals surface area contributed by atoms with Crippen molar-refractivity contribution in [1.29, 1.82) is 0 Å². The second kappa shape index (κ2) is 14.3. The molecule has 49 heavy (non-hydrogen) atoms. The minimum Gasteiger partial charge on any atom is -0.465 e. The molecule has 0 saturated heterocycles. The molecule has 0 radical (unpaired) electrons. The summed E-state index contributed by atoms with van der Waals surface area (Å²) in [5.41, 5.74) is 5.82. The van der Waals surface area contributed by atoms with Crippen LogP contribution in [-0.4, -0.2) is 52.4 Å². The van der Waals surface area contributed by atoms with E-state index in [-0.39, 0.29) is 23.9 Å². The van der Waals surface area contributed by atoms with Crippen molar-refractivity contribution in [3.05, 3.63) is 91.8 Å². The summed E-state index contributed by atoms with van der Waals surface area (Å²) < 4.78 is 8.47. The fourth-order valence-electron chi connectivity index (χ4n) is 5.15. The van der Waals surface area contributed by atoms with Gasteiger partial charge in [0.1, 0.15) is 16.9 Å². The lowest BCUT2D eigenvalue weighted by Gasteiger charge is -2.36. The number of carboxylic acid groups (broad SMARTS) is 1. The van der Waals surface area contributed by atoms with Crippen molar-refractivity contribution in [3.8, 4) is 16.8 Å². The fraction of sp³-hybridized carbons (Fsp3) is 0.361. The van der Waals surface area contributed by atoms with Gasteiger partial charge in [-0.25, -0.2) is 4.79 Å². The molecule has 1 aliphatic rings. The number of anilines is 1. The van der Waals surface area contributed by atoms with Gasteiger partial charge in [-0.3, -0.25) is 14.4 Å². The maximum atomic E-state index is 13.7. The van der Waals surface area contributed by atoms with Gasteiger partial charge in [0.15, 0.2) is 14.1 Å². The van der Waals surface area contributed by atoms with Crippen molar-refractivity contribution < 1.29 is 19.1 Å². The van der Waals surface area contributed by atoms with Crippen LogP contribution in [0.15, 0.2) is 47.5 Å². The van der Waals surface area contributed by atoms with Crippen LogP contribution in [0.3, 0.4) is 0 Å². The first-order valence-electron chi connectivity index (χ1n) is 15.9. The maximum absolute atomic E-state index is 13.7. The van der Waals surface area contributed by atoms with Gasteiger partial charge in [-0.2, -0.15) is 0 Å². The largest absolute Gasteiger partial charge is 0.465 e. The van der Waals surface area contributed by atoms with Crippen molar-refractivity contribution in [2.75, 3.05) is 11.9 Å². The molecule has 0 aliphatic carbocycles. The van der Waals surface area contributed by atoms with Crippen molar-refractivity contribution in [1.82, 2.24) is 20.1 Å². The average Bonchev–Trinajstić information content (AvgIpc) is 3.50. The Kier molecular flexibility index (Phi) is 10.5. The number of hydrogen-bond acceptors (Lipinski definition) is 7. The van der Waals surface area contributed by atoms with E-state index in [1.807, 2.05) is 47.9 Å². The predicted molar refractivity (Wildman–Crippen MR) is 198 cm³/mol. The molecule has 3 N–H and O–H groups in total. The summed E-state index contributed by atoms with van der Waals surface area (Å²) in [5.74, 6) is 6.98. The Hall–Kier alpha value is -4.28. The van der Waals surface area contributed by atoms with E-state index in [9.17, 15) is 9.59 Å². The van der Waals surface area contributed by atoms with Crippen LogP contribution in [0, 0.1) is 32.6 Å². The van der Waals surface area contributed by atoms with Crippen LogP contribution in [0.25, 0.3) is 5.00 Å². The van der Waals surface area contributed by atoms with Crippen LogP contribution < -0.4 is 10.6 Å². The molecule has 0 saturated carbocycles. The molecule has 0 bridgehead atoms. The number of carbonyl (C=O) groups is 2. The molecule has 0 unspecified atom stereocenters. The number of nitrogens with one attached hydrogen (secondary N) is 2. The van der Waals surface area contributed by atoms with Gasteiger partial charge in [-0.15, -0.1) is 21.5 Å². The minimum atomic E-state index is -2.06. The van der Waals surface area contributed by atoms with Crippen LogP contribution in [0.4, 0.5) is 10.5 Å². The molecule has 0 spiro atoms. The number of aryl methyl sites for hydroxylation is 2. The summed E-state index contributed by atoms with van der Waals surface area (Å²) >= 11 is 7.89. The molecular formula is C36H41ClN6O4SSi. The monoisotopic (exact) mass is 716 g/mol. The Morgan fingerprint density at radius 2 is 1.82 bits per heavy atom. The Morgan fingerprint density at radius 1 is 1.10 bits per heavy atom. The lowest BCUT2D eigenvalue weighted by atomic mass is 9.99. The lowest BCUT2D eigenvalue weighted by molar-refractivity contribution is -0.116. The highest BCUT2D eigenvalue weighted by Gasteiger charge is 2.37. The van der Waals surface area contributed by atoms with Gasteiger partial charge in [0.05, 0.1) is 25.3 Å². The van der Waals surface area contributed by atoms with Crippen LogP contribution in [0.5, 0.6) is 0 Å². The first-order valence-corrected chi connectivity index (χ1v) is 20.0. The molecule has 1 aliphatic heterocycles. The van der Waals surface area contributed by atoms with Gasteiger partial charge in [0.2, 0.25) is 5.91 Å². The quantitative estimate of drug-likeness (QED) is 0.125. The minimum absolute atomic E-state index is 0.0158. The van der Waals surface area contributed by atoms with Crippen molar-refractivity contribution in [3.63, 3.8) is 0 Å². The number of carbonyl (C=O) groups excluding carboxylic acids is 1. The summed E-state index contributed by atoms with van der Waals surface area (Å²) in [6.07, 6.45) is -1.13. The third-order valence-corrected chi connectivity index (χ3v) is 15.0. The number of fused-ring (bicyclic) bond motifs is 3. The predicted octanol–water partition coefficient (Wildman–Crippen LogP) is 7.97. The first kappa shape index (κ1) is 36.0.